The smallest absolute Gasteiger partial charge is 0.264 e. The van der Waals surface area contributed by atoms with Gasteiger partial charge in [-0.2, -0.15) is 0 Å². The molecule has 0 saturated carbocycles. The predicted octanol–water partition coefficient (Wildman–Crippen LogP) is 0.488. The van der Waals surface area contributed by atoms with Crippen LogP contribution in [0.4, 0.5) is 0 Å². The minimum atomic E-state index is -0.811. The van der Waals surface area contributed by atoms with E-state index < -0.39 is 12.2 Å². The number of likely N-dealkylation sites (tertiary alicyclic amines) is 1. The van der Waals surface area contributed by atoms with Crippen LogP contribution in [-0.2, 0) is 6.42 Å². The molecule has 0 spiro atoms. The summed E-state index contributed by atoms with van der Waals surface area (Å²) in [6.07, 6.45) is -0.701. The number of carbonyl (C=O) groups excluding carboxylic acids is 1. The maximum absolute atomic E-state index is 12.0. The number of nitrogens with zero attached hydrogens (tertiary/aromatic N) is 1. The lowest BCUT2D eigenvalue weighted by atomic mass is 10.3. The Labute approximate surface area is 98.1 Å². The van der Waals surface area contributed by atoms with Crippen LogP contribution < -0.4 is 0 Å². The van der Waals surface area contributed by atoms with Gasteiger partial charge in [-0.1, -0.05) is 6.92 Å². The number of hydrogen-bond donors (Lipinski definition) is 2. The monoisotopic (exact) mass is 241 g/mol. The highest BCUT2D eigenvalue weighted by Crippen LogP contribution is 2.21. The van der Waals surface area contributed by atoms with Gasteiger partial charge in [0.05, 0.1) is 17.1 Å². The molecule has 1 aromatic heterocycles. The molecule has 2 heterocycles. The van der Waals surface area contributed by atoms with Gasteiger partial charge in [-0.3, -0.25) is 4.79 Å². The Kier molecular flexibility index (Phi) is 3.28. The number of hydrogen-bond acceptors (Lipinski definition) is 4. The lowest BCUT2D eigenvalue weighted by Gasteiger charge is -2.13. The molecule has 2 rings (SSSR count). The van der Waals surface area contributed by atoms with Crippen molar-refractivity contribution in [1.29, 1.82) is 0 Å². The van der Waals surface area contributed by atoms with Gasteiger partial charge in [0.1, 0.15) is 0 Å². The summed E-state index contributed by atoms with van der Waals surface area (Å²) in [6.45, 7) is 2.49. The summed E-state index contributed by atoms with van der Waals surface area (Å²) in [5, 5.41) is 18.7. The van der Waals surface area contributed by atoms with Gasteiger partial charge in [0.25, 0.3) is 5.91 Å². The maximum atomic E-state index is 12.0. The lowest BCUT2D eigenvalue weighted by Crippen LogP contribution is -2.29. The zero-order valence-electron chi connectivity index (χ0n) is 9.09. The second-order valence-corrected chi connectivity index (χ2v) is 5.13. The zero-order chi connectivity index (χ0) is 11.7. The first-order valence-corrected chi connectivity index (χ1v) is 6.17. The molecule has 1 saturated heterocycles. The number of aliphatic hydroxyl groups excluding tert-OH is 2. The highest BCUT2D eigenvalue weighted by Gasteiger charge is 2.33. The van der Waals surface area contributed by atoms with E-state index in [0.29, 0.717) is 4.88 Å². The van der Waals surface area contributed by atoms with Crippen molar-refractivity contribution in [2.24, 2.45) is 0 Å². The molecule has 1 aromatic rings. The largest absolute Gasteiger partial charge is 0.388 e. The molecule has 1 amide bonds. The van der Waals surface area contributed by atoms with Crippen molar-refractivity contribution in [3.05, 3.63) is 21.9 Å². The van der Waals surface area contributed by atoms with Gasteiger partial charge in [0.2, 0.25) is 0 Å². The van der Waals surface area contributed by atoms with Crippen LogP contribution in [0.15, 0.2) is 12.1 Å². The number of amides is 1. The van der Waals surface area contributed by atoms with Crippen LogP contribution >= 0.6 is 11.3 Å². The van der Waals surface area contributed by atoms with Gasteiger partial charge in [-0.15, -0.1) is 11.3 Å². The molecule has 2 atom stereocenters. The van der Waals surface area contributed by atoms with Crippen LogP contribution in [0.5, 0.6) is 0 Å². The Balaban J connectivity index is 2.08. The minimum Gasteiger partial charge on any atom is -0.388 e. The van der Waals surface area contributed by atoms with Crippen LogP contribution in [0.25, 0.3) is 0 Å². The standard InChI is InChI=1S/C11H15NO3S/c1-2-7-3-4-10(16-7)11(15)12-5-8(13)9(14)6-12/h3-4,8-9,13-14H,2,5-6H2,1H3/t8-,9+. The molecule has 4 nitrogen and oxygen atoms in total. The normalized spacial score (nSPS) is 25.1. The zero-order valence-corrected chi connectivity index (χ0v) is 9.91. The summed E-state index contributed by atoms with van der Waals surface area (Å²) in [6, 6.07) is 3.75. The molecule has 16 heavy (non-hydrogen) atoms. The van der Waals surface area contributed by atoms with Crippen molar-refractivity contribution < 1.29 is 15.0 Å². The first kappa shape index (κ1) is 11.6. The van der Waals surface area contributed by atoms with Crippen molar-refractivity contribution in [2.45, 2.75) is 25.6 Å². The van der Waals surface area contributed by atoms with E-state index in [1.165, 1.54) is 21.1 Å². The third-order valence-electron chi connectivity index (χ3n) is 2.77. The van der Waals surface area contributed by atoms with E-state index in [9.17, 15) is 15.0 Å². The fraction of sp³-hybridized carbons (Fsp3) is 0.545. The summed E-state index contributed by atoms with van der Waals surface area (Å²) in [4.78, 5) is 15.3. The van der Waals surface area contributed by atoms with Crippen molar-refractivity contribution >= 4 is 17.2 Å². The molecule has 2 N–H and O–H groups in total. The average molecular weight is 241 g/mol. The van der Waals surface area contributed by atoms with E-state index in [0.717, 1.165) is 6.42 Å². The third-order valence-corrected chi connectivity index (χ3v) is 3.98. The van der Waals surface area contributed by atoms with E-state index in [4.69, 9.17) is 0 Å². The molecule has 0 radical (unpaired) electrons. The Morgan fingerprint density at radius 2 is 2.06 bits per heavy atom. The second kappa shape index (κ2) is 4.53. The first-order valence-electron chi connectivity index (χ1n) is 5.36. The van der Waals surface area contributed by atoms with Crippen LogP contribution in [0, 0.1) is 0 Å². The van der Waals surface area contributed by atoms with Crippen LogP contribution in [0.2, 0.25) is 0 Å². The average Bonchev–Trinajstić information content (AvgIpc) is 2.86. The second-order valence-electron chi connectivity index (χ2n) is 3.96. The van der Waals surface area contributed by atoms with Crippen LogP contribution in [-0.4, -0.2) is 46.3 Å². The summed E-state index contributed by atoms with van der Waals surface area (Å²) in [7, 11) is 0. The van der Waals surface area contributed by atoms with Crippen LogP contribution in [0.3, 0.4) is 0 Å². The predicted molar refractivity (Wildman–Crippen MR) is 61.6 cm³/mol. The molecule has 88 valence electrons. The molecule has 0 aliphatic carbocycles. The maximum Gasteiger partial charge on any atom is 0.264 e. The summed E-state index contributed by atoms with van der Waals surface area (Å²) >= 11 is 1.48. The number of β-amino-alcohol motifs (C(OH)–C–C–N with tert-alkyl or cyclic N) is 2. The lowest BCUT2D eigenvalue weighted by molar-refractivity contribution is 0.0572. The minimum absolute atomic E-state index is 0.0969. The van der Waals surface area contributed by atoms with Crippen molar-refractivity contribution in [2.75, 3.05) is 13.1 Å². The van der Waals surface area contributed by atoms with E-state index in [1.807, 2.05) is 19.1 Å². The molecule has 0 bridgehead atoms. The number of rotatable bonds is 2. The highest BCUT2D eigenvalue weighted by molar-refractivity contribution is 7.14. The van der Waals surface area contributed by atoms with E-state index >= 15 is 0 Å². The Morgan fingerprint density at radius 3 is 2.56 bits per heavy atom. The summed E-state index contributed by atoms with van der Waals surface area (Å²) in [5.74, 6) is -0.0969. The summed E-state index contributed by atoms with van der Waals surface area (Å²) < 4.78 is 0. The number of aryl methyl sites for hydroxylation is 1. The highest BCUT2D eigenvalue weighted by atomic mass is 32.1. The molecule has 1 aliphatic rings. The van der Waals surface area contributed by atoms with Gasteiger partial charge in [0, 0.05) is 18.0 Å². The van der Waals surface area contributed by atoms with Crippen molar-refractivity contribution in [3.8, 4) is 0 Å². The Bertz CT molecular complexity index is 380. The molecular weight excluding hydrogens is 226 g/mol. The molecule has 0 aromatic carbocycles. The fourth-order valence-electron chi connectivity index (χ4n) is 1.77. The Hall–Kier alpha value is -0.910. The number of aliphatic hydroxyl groups is 2. The van der Waals surface area contributed by atoms with Crippen molar-refractivity contribution in [3.63, 3.8) is 0 Å². The van der Waals surface area contributed by atoms with Crippen molar-refractivity contribution in [1.82, 2.24) is 4.90 Å². The molecule has 1 aliphatic heterocycles. The third kappa shape index (κ3) is 2.11. The summed E-state index contributed by atoms with van der Waals surface area (Å²) in [5.41, 5.74) is 0. The number of carbonyl (C=O) groups is 1. The molecule has 0 unspecified atom stereocenters. The van der Waals surface area contributed by atoms with Gasteiger partial charge in [-0.05, 0) is 18.6 Å². The van der Waals surface area contributed by atoms with Gasteiger partial charge in [-0.25, -0.2) is 0 Å². The topological polar surface area (TPSA) is 60.8 Å². The number of thiophene rings is 1. The fourth-order valence-corrected chi connectivity index (χ4v) is 2.69. The van der Waals surface area contributed by atoms with E-state index in [2.05, 4.69) is 0 Å². The molecular formula is C11H15NO3S. The SMILES string of the molecule is CCc1ccc(C(=O)N2C[C@@H](O)[C@@H](O)C2)s1. The van der Waals surface area contributed by atoms with Gasteiger partial charge in [0.15, 0.2) is 0 Å². The van der Waals surface area contributed by atoms with E-state index in [-0.39, 0.29) is 19.0 Å². The first-order chi connectivity index (χ1) is 7.61. The van der Waals surface area contributed by atoms with Crippen LogP contribution in [0.1, 0.15) is 21.5 Å². The van der Waals surface area contributed by atoms with Gasteiger partial charge >= 0.3 is 0 Å². The quantitative estimate of drug-likeness (QED) is 0.792. The van der Waals surface area contributed by atoms with Gasteiger partial charge < -0.3 is 15.1 Å². The molecule has 5 heteroatoms. The van der Waals surface area contributed by atoms with E-state index in [1.54, 1.807) is 0 Å². The molecule has 1 fully saturated rings. The Morgan fingerprint density at radius 1 is 1.44 bits per heavy atom.